The Labute approximate surface area is 161 Å². The molecule has 3 rings (SSSR count). The van der Waals surface area contributed by atoms with Gasteiger partial charge >= 0.3 is 0 Å². The molecule has 2 aromatic carbocycles. The van der Waals surface area contributed by atoms with Crippen LogP contribution in [0.2, 0.25) is 0 Å². The molecular weight excluding hydrogens is 360 g/mol. The fraction of sp³-hybridized carbons (Fsp3) is 0.211. The van der Waals surface area contributed by atoms with Crippen LogP contribution >= 0.6 is 0 Å². The standard InChI is InChI=1S/C19H20N6O3/c1-13-5-3-4-6-16(13)18(26)21-14-7-9-15(10-8-14)25-23-17(22-24-25)19(27)20-11-12-28-2/h3-10H,11-12H2,1-2H3,(H,20,27)(H,21,26). The van der Waals surface area contributed by atoms with E-state index in [9.17, 15) is 9.59 Å². The summed E-state index contributed by atoms with van der Waals surface area (Å²) in [6.45, 7) is 2.64. The molecule has 0 aliphatic carbocycles. The molecule has 1 aromatic heterocycles. The van der Waals surface area contributed by atoms with E-state index in [1.54, 1.807) is 37.4 Å². The first-order chi connectivity index (χ1) is 13.6. The Morgan fingerprint density at radius 1 is 1.07 bits per heavy atom. The number of amides is 2. The Kier molecular flexibility index (Phi) is 6.07. The fourth-order valence-corrected chi connectivity index (χ4v) is 2.46. The van der Waals surface area contributed by atoms with E-state index in [-0.39, 0.29) is 11.7 Å². The molecule has 2 N–H and O–H groups in total. The topological polar surface area (TPSA) is 111 Å². The van der Waals surface area contributed by atoms with Crippen LogP contribution in [-0.2, 0) is 4.74 Å². The molecule has 0 aliphatic rings. The zero-order valence-corrected chi connectivity index (χ0v) is 15.5. The number of rotatable bonds is 7. The molecular formula is C19H20N6O3. The van der Waals surface area contributed by atoms with Crippen molar-refractivity contribution in [1.82, 2.24) is 25.5 Å². The predicted molar refractivity (Wildman–Crippen MR) is 102 cm³/mol. The second-order valence-electron chi connectivity index (χ2n) is 5.97. The van der Waals surface area contributed by atoms with E-state index in [0.717, 1.165) is 5.56 Å². The molecule has 144 valence electrons. The molecule has 28 heavy (non-hydrogen) atoms. The number of methoxy groups -OCH3 is 1. The number of nitrogens with one attached hydrogen (secondary N) is 2. The van der Waals surface area contributed by atoms with Crippen molar-refractivity contribution in [3.8, 4) is 5.69 Å². The van der Waals surface area contributed by atoms with Gasteiger partial charge in [-0.3, -0.25) is 9.59 Å². The molecule has 1 heterocycles. The van der Waals surface area contributed by atoms with Crippen molar-refractivity contribution in [1.29, 1.82) is 0 Å². The molecule has 9 heteroatoms. The highest BCUT2D eigenvalue weighted by Crippen LogP contribution is 2.14. The lowest BCUT2D eigenvalue weighted by molar-refractivity contribution is 0.0926. The van der Waals surface area contributed by atoms with Crippen LogP contribution in [0.1, 0.15) is 26.5 Å². The molecule has 3 aromatic rings. The summed E-state index contributed by atoms with van der Waals surface area (Å²) in [5.41, 5.74) is 2.76. The number of hydrogen-bond donors (Lipinski definition) is 2. The summed E-state index contributed by atoms with van der Waals surface area (Å²) in [5.74, 6) is -0.641. The minimum atomic E-state index is -0.426. The first-order valence-electron chi connectivity index (χ1n) is 8.63. The molecule has 0 saturated carbocycles. The van der Waals surface area contributed by atoms with Crippen LogP contribution in [0.3, 0.4) is 0 Å². The van der Waals surface area contributed by atoms with E-state index < -0.39 is 5.91 Å². The van der Waals surface area contributed by atoms with E-state index in [2.05, 4.69) is 26.0 Å². The minimum absolute atomic E-state index is 0.0342. The molecule has 9 nitrogen and oxygen atoms in total. The first kappa shape index (κ1) is 19.2. The Balaban J connectivity index is 1.65. The summed E-state index contributed by atoms with van der Waals surface area (Å²) in [4.78, 5) is 25.5. The smallest absolute Gasteiger partial charge is 0.292 e. The zero-order valence-electron chi connectivity index (χ0n) is 15.5. The minimum Gasteiger partial charge on any atom is -0.383 e. The van der Waals surface area contributed by atoms with Crippen LogP contribution in [0.15, 0.2) is 48.5 Å². The highest BCUT2D eigenvalue weighted by molar-refractivity contribution is 6.05. The SMILES string of the molecule is COCCNC(=O)c1nnn(-c2ccc(NC(=O)c3ccccc3C)cc2)n1. The predicted octanol–water partition coefficient (Wildman–Crippen LogP) is 1.60. The number of nitrogens with zero attached hydrogens (tertiary/aromatic N) is 4. The number of tetrazole rings is 1. The van der Waals surface area contributed by atoms with E-state index in [4.69, 9.17) is 4.74 Å². The van der Waals surface area contributed by atoms with E-state index in [1.165, 1.54) is 4.80 Å². The lowest BCUT2D eigenvalue weighted by Crippen LogP contribution is -2.28. The van der Waals surface area contributed by atoms with Crippen LogP contribution in [-0.4, -0.2) is 52.3 Å². The Morgan fingerprint density at radius 2 is 1.82 bits per heavy atom. The third-order valence-electron chi connectivity index (χ3n) is 3.95. The highest BCUT2D eigenvalue weighted by atomic mass is 16.5. The average Bonchev–Trinajstić information content (AvgIpc) is 3.19. The summed E-state index contributed by atoms with van der Waals surface area (Å²) in [6.07, 6.45) is 0. The van der Waals surface area contributed by atoms with E-state index in [0.29, 0.717) is 30.1 Å². The third kappa shape index (κ3) is 4.57. The normalized spacial score (nSPS) is 10.5. The highest BCUT2D eigenvalue weighted by Gasteiger charge is 2.13. The van der Waals surface area contributed by atoms with Gasteiger partial charge in [0.05, 0.1) is 12.3 Å². The Morgan fingerprint density at radius 3 is 2.54 bits per heavy atom. The number of carbonyl (C=O) groups is 2. The summed E-state index contributed by atoms with van der Waals surface area (Å²) >= 11 is 0. The molecule has 0 saturated heterocycles. The van der Waals surface area contributed by atoms with Gasteiger partial charge in [-0.15, -0.1) is 15.0 Å². The van der Waals surface area contributed by atoms with Crippen molar-refractivity contribution in [2.24, 2.45) is 0 Å². The lowest BCUT2D eigenvalue weighted by atomic mass is 10.1. The molecule has 2 amide bonds. The van der Waals surface area contributed by atoms with Crippen LogP contribution in [0.25, 0.3) is 5.69 Å². The Bertz CT molecular complexity index is 968. The second kappa shape index (κ2) is 8.87. The number of ether oxygens (including phenoxy) is 1. The fourth-order valence-electron chi connectivity index (χ4n) is 2.46. The van der Waals surface area contributed by atoms with Crippen LogP contribution < -0.4 is 10.6 Å². The molecule has 0 spiro atoms. The van der Waals surface area contributed by atoms with Gasteiger partial charge in [0.2, 0.25) is 0 Å². The molecule has 0 aliphatic heterocycles. The number of anilines is 1. The van der Waals surface area contributed by atoms with Gasteiger partial charge in [-0.05, 0) is 48.0 Å². The van der Waals surface area contributed by atoms with Crippen molar-refractivity contribution in [3.63, 3.8) is 0 Å². The van der Waals surface area contributed by atoms with Crippen LogP contribution in [0.4, 0.5) is 5.69 Å². The largest absolute Gasteiger partial charge is 0.383 e. The number of carbonyl (C=O) groups excluding carboxylic acids is 2. The maximum Gasteiger partial charge on any atom is 0.292 e. The molecule has 0 unspecified atom stereocenters. The summed E-state index contributed by atoms with van der Waals surface area (Å²) in [5, 5.41) is 17.2. The number of hydrogen-bond acceptors (Lipinski definition) is 6. The summed E-state index contributed by atoms with van der Waals surface area (Å²) in [6, 6.07) is 14.3. The second-order valence-corrected chi connectivity index (χ2v) is 5.97. The zero-order chi connectivity index (χ0) is 19.9. The molecule has 0 bridgehead atoms. The van der Waals surface area contributed by atoms with Crippen molar-refractivity contribution in [2.45, 2.75) is 6.92 Å². The lowest BCUT2D eigenvalue weighted by Gasteiger charge is -2.08. The maximum absolute atomic E-state index is 12.4. The number of benzene rings is 2. The van der Waals surface area contributed by atoms with Crippen molar-refractivity contribution < 1.29 is 14.3 Å². The molecule has 0 fully saturated rings. The van der Waals surface area contributed by atoms with Gasteiger partial charge in [0.15, 0.2) is 0 Å². The molecule has 0 radical (unpaired) electrons. The van der Waals surface area contributed by atoms with Crippen molar-refractivity contribution in [3.05, 3.63) is 65.5 Å². The van der Waals surface area contributed by atoms with E-state index >= 15 is 0 Å². The van der Waals surface area contributed by atoms with Crippen molar-refractivity contribution >= 4 is 17.5 Å². The number of aromatic nitrogens is 4. The van der Waals surface area contributed by atoms with Gasteiger partial charge in [0.25, 0.3) is 17.6 Å². The van der Waals surface area contributed by atoms with Gasteiger partial charge in [0, 0.05) is 24.9 Å². The van der Waals surface area contributed by atoms with Crippen LogP contribution in [0, 0.1) is 6.92 Å². The first-order valence-corrected chi connectivity index (χ1v) is 8.63. The van der Waals surface area contributed by atoms with Crippen molar-refractivity contribution in [2.75, 3.05) is 25.6 Å². The third-order valence-corrected chi connectivity index (χ3v) is 3.95. The number of aryl methyl sites for hydroxylation is 1. The quantitative estimate of drug-likeness (QED) is 0.602. The van der Waals surface area contributed by atoms with Crippen LogP contribution in [0.5, 0.6) is 0 Å². The average molecular weight is 380 g/mol. The van der Waals surface area contributed by atoms with Gasteiger partial charge in [-0.25, -0.2) is 0 Å². The monoisotopic (exact) mass is 380 g/mol. The Hall–Kier alpha value is -3.59. The summed E-state index contributed by atoms with van der Waals surface area (Å²) < 4.78 is 4.87. The van der Waals surface area contributed by atoms with E-state index in [1.807, 2.05) is 25.1 Å². The molecule has 0 atom stereocenters. The maximum atomic E-state index is 12.4. The summed E-state index contributed by atoms with van der Waals surface area (Å²) in [7, 11) is 1.55. The van der Waals surface area contributed by atoms with Gasteiger partial charge in [0.1, 0.15) is 0 Å². The van der Waals surface area contributed by atoms with Gasteiger partial charge in [-0.1, -0.05) is 18.2 Å². The van der Waals surface area contributed by atoms with Gasteiger partial charge in [-0.2, -0.15) is 0 Å². The van der Waals surface area contributed by atoms with Gasteiger partial charge < -0.3 is 15.4 Å².